The lowest BCUT2D eigenvalue weighted by Crippen LogP contribution is -2.06. The monoisotopic (exact) mass is 425 g/mol. The minimum atomic E-state index is -3.41. The van der Waals surface area contributed by atoms with E-state index in [-0.39, 0.29) is 6.61 Å². The molecule has 2 aromatic carbocycles. The molecule has 0 fully saturated rings. The molecule has 6 heteroatoms. The van der Waals surface area contributed by atoms with E-state index < -0.39 is 10.1 Å². The fraction of sp³-hybridized carbons (Fsp3) is 0.174. The van der Waals surface area contributed by atoms with Gasteiger partial charge in [-0.3, -0.25) is 4.18 Å². The molecule has 1 heterocycles. The van der Waals surface area contributed by atoms with Crippen LogP contribution in [0.5, 0.6) is 0 Å². The Kier molecular flexibility index (Phi) is 6.71. The van der Waals surface area contributed by atoms with Gasteiger partial charge in [0, 0.05) is 22.3 Å². The quantitative estimate of drug-likeness (QED) is 0.441. The van der Waals surface area contributed by atoms with Crippen LogP contribution in [0.1, 0.15) is 22.4 Å². The zero-order chi connectivity index (χ0) is 20.9. The molecule has 0 radical (unpaired) electrons. The van der Waals surface area contributed by atoms with Crippen LogP contribution in [-0.4, -0.2) is 26.3 Å². The summed E-state index contributed by atoms with van der Waals surface area (Å²) in [5, 5.41) is 0.702. The van der Waals surface area contributed by atoms with Gasteiger partial charge in [0.05, 0.1) is 12.9 Å². The second-order valence-electron chi connectivity index (χ2n) is 6.61. The van der Waals surface area contributed by atoms with Crippen molar-refractivity contribution in [2.75, 3.05) is 12.9 Å². The molecule has 3 aromatic rings. The minimum absolute atomic E-state index is 0.134. The lowest BCUT2D eigenvalue weighted by Gasteiger charge is -2.06. The zero-order valence-electron chi connectivity index (χ0n) is 16.1. The molecule has 0 N–H and O–H groups in total. The lowest BCUT2D eigenvalue weighted by molar-refractivity contribution is 0.325. The highest BCUT2D eigenvalue weighted by Gasteiger charge is 2.04. The molecule has 0 atom stereocenters. The van der Waals surface area contributed by atoms with Crippen LogP contribution in [0, 0.1) is 18.8 Å². The zero-order valence-corrected chi connectivity index (χ0v) is 17.7. The summed E-state index contributed by atoms with van der Waals surface area (Å²) in [7, 11) is -3.41. The second-order valence-corrected chi connectivity index (χ2v) is 8.69. The smallest absolute Gasteiger partial charge is 0.264 e. The van der Waals surface area contributed by atoms with E-state index in [4.69, 9.17) is 15.8 Å². The van der Waals surface area contributed by atoms with E-state index in [9.17, 15) is 8.42 Å². The topological polar surface area (TPSA) is 56.3 Å². The average Bonchev–Trinajstić information content (AvgIpc) is 2.68. The lowest BCUT2D eigenvalue weighted by atomic mass is 10.0. The van der Waals surface area contributed by atoms with E-state index in [1.54, 1.807) is 6.20 Å². The Morgan fingerprint density at radius 3 is 2.34 bits per heavy atom. The standard InChI is InChI=1S/C23H20ClNO3S/c1-17-15-18(3-5-19(17)13-14-28-29(2,26)27)4-11-23-12-8-21(16-25-23)20-6-9-22(24)10-7-20/h3,5-10,12,15-16H,13-14H2,1-2H3. The molecule has 0 aliphatic heterocycles. The Morgan fingerprint density at radius 2 is 1.72 bits per heavy atom. The normalized spacial score (nSPS) is 11.0. The van der Waals surface area contributed by atoms with Crippen LogP contribution in [-0.2, 0) is 20.7 Å². The van der Waals surface area contributed by atoms with Crippen molar-refractivity contribution >= 4 is 21.7 Å². The van der Waals surface area contributed by atoms with Crippen LogP contribution >= 0.6 is 11.6 Å². The molecule has 0 bridgehead atoms. The van der Waals surface area contributed by atoms with Gasteiger partial charge in [0.15, 0.2) is 0 Å². The fourth-order valence-corrected chi connectivity index (χ4v) is 3.29. The van der Waals surface area contributed by atoms with Crippen molar-refractivity contribution < 1.29 is 12.6 Å². The first kappa shape index (κ1) is 21.1. The Bertz CT molecular complexity index is 1160. The van der Waals surface area contributed by atoms with Crippen LogP contribution in [0.15, 0.2) is 60.8 Å². The first-order valence-corrected chi connectivity index (χ1v) is 11.2. The van der Waals surface area contributed by atoms with Gasteiger partial charge in [0.1, 0.15) is 5.69 Å². The predicted molar refractivity (Wildman–Crippen MR) is 116 cm³/mol. The fourth-order valence-electron chi connectivity index (χ4n) is 2.77. The summed E-state index contributed by atoms with van der Waals surface area (Å²) < 4.78 is 26.9. The van der Waals surface area contributed by atoms with Crippen LogP contribution in [0.3, 0.4) is 0 Å². The molecule has 0 amide bonds. The number of rotatable bonds is 5. The highest BCUT2D eigenvalue weighted by atomic mass is 35.5. The van der Waals surface area contributed by atoms with Crippen molar-refractivity contribution in [2.45, 2.75) is 13.3 Å². The van der Waals surface area contributed by atoms with E-state index in [0.717, 1.165) is 34.1 Å². The first-order chi connectivity index (χ1) is 13.8. The number of nitrogens with zero attached hydrogens (tertiary/aromatic N) is 1. The maximum absolute atomic E-state index is 11.0. The third kappa shape index (κ3) is 6.43. The van der Waals surface area contributed by atoms with Gasteiger partial charge < -0.3 is 0 Å². The van der Waals surface area contributed by atoms with E-state index in [2.05, 4.69) is 16.8 Å². The average molecular weight is 426 g/mol. The Hall–Kier alpha value is -2.65. The van der Waals surface area contributed by atoms with Gasteiger partial charge in [-0.05, 0) is 66.3 Å². The third-order valence-corrected chi connectivity index (χ3v) is 5.13. The summed E-state index contributed by atoms with van der Waals surface area (Å²) in [6.45, 7) is 2.11. The van der Waals surface area contributed by atoms with Gasteiger partial charge in [-0.2, -0.15) is 8.42 Å². The highest BCUT2D eigenvalue weighted by Crippen LogP contribution is 2.20. The van der Waals surface area contributed by atoms with E-state index in [1.807, 2.05) is 61.5 Å². The van der Waals surface area contributed by atoms with Crippen molar-refractivity contribution in [3.63, 3.8) is 0 Å². The van der Waals surface area contributed by atoms with Gasteiger partial charge in [-0.25, -0.2) is 4.98 Å². The van der Waals surface area contributed by atoms with E-state index >= 15 is 0 Å². The highest BCUT2D eigenvalue weighted by molar-refractivity contribution is 7.85. The summed E-state index contributed by atoms with van der Waals surface area (Å²) >= 11 is 5.92. The molecule has 1 aromatic heterocycles. The number of halogens is 1. The minimum Gasteiger partial charge on any atom is -0.270 e. The van der Waals surface area contributed by atoms with Crippen molar-refractivity contribution in [3.05, 3.63) is 88.2 Å². The largest absolute Gasteiger partial charge is 0.270 e. The molecule has 4 nitrogen and oxygen atoms in total. The molecule has 148 valence electrons. The maximum atomic E-state index is 11.0. The van der Waals surface area contributed by atoms with Crippen molar-refractivity contribution in [2.24, 2.45) is 0 Å². The number of aryl methyl sites for hydroxylation is 1. The SMILES string of the molecule is Cc1cc(C#Cc2ccc(-c3ccc(Cl)cc3)cn2)ccc1CCOS(C)(=O)=O. The van der Waals surface area contributed by atoms with Crippen LogP contribution in [0.4, 0.5) is 0 Å². The van der Waals surface area contributed by atoms with Gasteiger partial charge in [0.25, 0.3) is 10.1 Å². The molecule has 3 rings (SSSR count). The van der Waals surface area contributed by atoms with Crippen LogP contribution in [0.2, 0.25) is 5.02 Å². The summed E-state index contributed by atoms with van der Waals surface area (Å²) in [5.74, 6) is 6.19. The molecule has 0 saturated heterocycles. The number of aromatic nitrogens is 1. The van der Waals surface area contributed by atoms with Crippen molar-refractivity contribution in [3.8, 4) is 23.0 Å². The summed E-state index contributed by atoms with van der Waals surface area (Å²) in [6, 6.07) is 17.3. The summed E-state index contributed by atoms with van der Waals surface area (Å²) in [6.07, 6.45) is 3.37. The maximum Gasteiger partial charge on any atom is 0.264 e. The molecule has 0 aliphatic rings. The molecular weight excluding hydrogens is 406 g/mol. The van der Waals surface area contributed by atoms with Crippen molar-refractivity contribution in [1.82, 2.24) is 4.98 Å². The summed E-state index contributed by atoms with van der Waals surface area (Å²) in [4.78, 5) is 4.42. The van der Waals surface area contributed by atoms with Gasteiger partial charge >= 0.3 is 0 Å². The second kappa shape index (κ2) is 9.23. The molecule has 0 saturated carbocycles. The number of pyridine rings is 1. The van der Waals surface area contributed by atoms with Crippen LogP contribution in [0.25, 0.3) is 11.1 Å². The van der Waals surface area contributed by atoms with E-state index in [1.165, 1.54) is 0 Å². The Labute approximate surface area is 176 Å². The first-order valence-electron chi connectivity index (χ1n) is 8.98. The van der Waals surface area contributed by atoms with Crippen LogP contribution < -0.4 is 0 Å². The number of hydrogen-bond donors (Lipinski definition) is 0. The molecule has 0 spiro atoms. The predicted octanol–water partition coefficient (Wildman–Crippen LogP) is 4.63. The molecule has 0 unspecified atom stereocenters. The molecular formula is C23H20ClNO3S. The van der Waals surface area contributed by atoms with Crippen molar-refractivity contribution in [1.29, 1.82) is 0 Å². The van der Waals surface area contributed by atoms with Gasteiger partial charge in [-0.15, -0.1) is 0 Å². The Morgan fingerprint density at radius 1 is 1.00 bits per heavy atom. The third-order valence-electron chi connectivity index (χ3n) is 4.29. The van der Waals surface area contributed by atoms with Gasteiger partial charge in [0.2, 0.25) is 0 Å². The number of benzene rings is 2. The Balaban J connectivity index is 1.67. The van der Waals surface area contributed by atoms with Gasteiger partial charge in [-0.1, -0.05) is 41.8 Å². The van der Waals surface area contributed by atoms with E-state index in [0.29, 0.717) is 17.1 Å². The number of hydrogen-bond acceptors (Lipinski definition) is 4. The molecule has 29 heavy (non-hydrogen) atoms. The summed E-state index contributed by atoms with van der Waals surface area (Å²) in [5.41, 5.74) is 5.69. The molecule has 0 aliphatic carbocycles.